The van der Waals surface area contributed by atoms with E-state index >= 15 is 0 Å². The minimum absolute atomic E-state index is 0.143. The Morgan fingerprint density at radius 3 is 2.40 bits per heavy atom. The lowest BCUT2D eigenvalue weighted by Crippen LogP contribution is -2.37. The SMILES string of the molecule is CCC(c1cc(Cl)c(Cl)cc1O)N1CCC(CO)CC1. The van der Waals surface area contributed by atoms with E-state index in [1.807, 2.05) is 0 Å². The van der Waals surface area contributed by atoms with Crippen LogP contribution in [-0.2, 0) is 0 Å². The van der Waals surface area contributed by atoms with E-state index < -0.39 is 0 Å². The first-order valence-electron chi connectivity index (χ1n) is 7.09. The smallest absolute Gasteiger partial charge is 0.121 e. The van der Waals surface area contributed by atoms with Gasteiger partial charge in [0.1, 0.15) is 5.75 Å². The fourth-order valence-corrected chi connectivity index (χ4v) is 3.27. The molecular formula is C15H21Cl2NO2. The lowest BCUT2D eigenvalue weighted by Gasteiger charge is -2.37. The lowest BCUT2D eigenvalue weighted by atomic mass is 9.93. The Hall–Kier alpha value is -0.480. The number of piperidine rings is 1. The average molecular weight is 318 g/mol. The molecule has 5 heteroatoms. The van der Waals surface area contributed by atoms with E-state index in [0.29, 0.717) is 16.0 Å². The van der Waals surface area contributed by atoms with Gasteiger partial charge in [-0.2, -0.15) is 0 Å². The Morgan fingerprint density at radius 1 is 1.25 bits per heavy atom. The number of aromatic hydroxyl groups is 1. The summed E-state index contributed by atoms with van der Waals surface area (Å²) in [5.41, 5.74) is 0.837. The molecule has 1 saturated heterocycles. The molecule has 2 N–H and O–H groups in total. The zero-order chi connectivity index (χ0) is 14.7. The largest absolute Gasteiger partial charge is 0.508 e. The predicted octanol–water partition coefficient (Wildman–Crippen LogP) is 3.85. The molecule has 1 heterocycles. The monoisotopic (exact) mass is 317 g/mol. The van der Waals surface area contributed by atoms with Crippen LogP contribution in [0.25, 0.3) is 0 Å². The van der Waals surface area contributed by atoms with E-state index in [4.69, 9.17) is 23.2 Å². The van der Waals surface area contributed by atoms with Crippen LogP contribution in [-0.4, -0.2) is 34.8 Å². The van der Waals surface area contributed by atoms with Crippen LogP contribution in [0.1, 0.15) is 37.8 Å². The van der Waals surface area contributed by atoms with Crippen molar-refractivity contribution in [2.45, 2.75) is 32.2 Å². The van der Waals surface area contributed by atoms with Gasteiger partial charge in [0.25, 0.3) is 0 Å². The van der Waals surface area contributed by atoms with Crippen molar-refractivity contribution in [2.75, 3.05) is 19.7 Å². The van der Waals surface area contributed by atoms with Crippen LogP contribution in [0.2, 0.25) is 10.0 Å². The third-order valence-electron chi connectivity index (χ3n) is 4.16. The van der Waals surface area contributed by atoms with Crippen LogP contribution in [0, 0.1) is 5.92 Å². The second-order valence-corrected chi connectivity index (χ2v) is 6.23. The Labute approximate surface area is 130 Å². The summed E-state index contributed by atoms with van der Waals surface area (Å²) in [4.78, 5) is 2.35. The number of benzene rings is 1. The first-order chi connectivity index (χ1) is 9.56. The predicted molar refractivity (Wildman–Crippen MR) is 82.5 cm³/mol. The van der Waals surface area contributed by atoms with Gasteiger partial charge in [0.05, 0.1) is 10.0 Å². The highest BCUT2D eigenvalue weighted by atomic mass is 35.5. The summed E-state index contributed by atoms with van der Waals surface area (Å²) in [7, 11) is 0. The average Bonchev–Trinajstić information content (AvgIpc) is 2.46. The maximum absolute atomic E-state index is 10.1. The standard InChI is InChI=1S/C15H21Cl2NO2/c1-2-14(18-5-3-10(9-19)4-6-18)11-7-12(16)13(17)8-15(11)20/h7-8,10,14,19-20H,2-6,9H2,1H3. The zero-order valence-electron chi connectivity index (χ0n) is 11.6. The topological polar surface area (TPSA) is 43.7 Å². The first-order valence-corrected chi connectivity index (χ1v) is 7.85. The lowest BCUT2D eigenvalue weighted by molar-refractivity contribution is 0.0971. The fraction of sp³-hybridized carbons (Fsp3) is 0.600. The molecule has 1 aliphatic heterocycles. The van der Waals surface area contributed by atoms with Gasteiger partial charge in [-0.05, 0) is 44.3 Å². The summed E-state index contributed by atoms with van der Waals surface area (Å²) < 4.78 is 0. The molecule has 0 saturated carbocycles. The number of aliphatic hydroxyl groups is 1. The number of halogens is 2. The van der Waals surface area contributed by atoms with Crippen LogP contribution >= 0.6 is 23.2 Å². The molecule has 1 atom stereocenters. The molecule has 20 heavy (non-hydrogen) atoms. The molecule has 0 radical (unpaired) electrons. The molecule has 0 aromatic heterocycles. The molecule has 112 valence electrons. The van der Waals surface area contributed by atoms with Crippen LogP contribution < -0.4 is 0 Å². The number of hydrogen-bond acceptors (Lipinski definition) is 3. The quantitative estimate of drug-likeness (QED) is 0.886. The van der Waals surface area contributed by atoms with Gasteiger partial charge in [-0.1, -0.05) is 30.1 Å². The summed E-state index contributed by atoms with van der Waals surface area (Å²) in [6, 6.07) is 3.43. The third kappa shape index (κ3) is 3.40. The highest BCUT2D eigenvalue weighted by Gasteiger charge is 2.26. The molecule has 0 amide bonds. The number of phenols is 1. The summed E-state index contributed by atoms with van der Waals surface area (Å²) in [5, 5.41) is 20.2. The van der Waals surface area contributed by atoms with E-state index in [0.717, 1.165) is 37.9 Å². The van der Waals surface area contributed by atoms with E-state index in [1.165, 1.54) is 6.07 Å². The highest BCUT2D eigenvalue weighted by molar-refractivity contribution is 6.42. The molecule has 3 nitrogen and oxygen atoms in total. The second kappa shape index (κ2) is 6.99. The van der Waals surface area contributed by atoms with Crippen molar-refractivity contribution in [3.8, 4) is 5.75 Å². The van der Waals surface area contributed by atoms with Crippen LogP contribution in [0.15, 0.2) is 12.1 Å². The Balaban J connectivity index is 2.18. The molecule has 1 fully saturated rings. The zero-order valence-corrected chi connectivity index (χ0v) is 13.2. The van der Waals surface area contributed by atoms with Crippen molar-refractivity contribution in [1.82, 2.24) is 4.90 Å². The van der Waals surface area contributed by atoms with Crippen LogP contribution in [0.4, 0.5) is 0 Å². The molecule has 1 unspecified atom stereocenters. The molecule has 0 bridgehead atoms. The summed E-state index contributed by atoms with van der Waals surface area (Å²) >= 11 is 12.0. The minimum Gasteiger partial charge on any atom is -0.508 e. The van der Waals surface area contributed by atoms with Crippen molar-refractivity contribution in [2.24, 2.45) is 5.92 Å². The maximum Gasteiger partial charge on any atom is 0.121 e. The van der Waals surface area contributed by atoms with Crippen molar-refractivity contribution >= 4 is 23.2 Å². The maximum atomic E-state index is 10.1. The van der Waals surface area contributed by atoms with Gasteiger partial charge in [-0.25, -0.2) is 0 Å². The fourth-order valence-electron chi connectivity index (χ4n) is 2.94. The molecule has 1 aromatic rings. The van der Waals surface area contributed by atoms with Crippen molar-refractivity contribution in [3.63, 3.8) is 0 Å². The van der Waals surface area contributed by atoms with E-state index in [1.54, 1.807) is 6.07 Å². The van der Waals surface area contributed by atoms with Gasteiger partial charge in [0.2, 0.25) is 0 Å². The minimum atomic E-state index is 0.143. The molecule has 0 aliphatic carbocycles. The summed E-state index contributed by atoms with van der Waals surface area (Å²) in [6.07, 6.45) is 2.89. The van der Waals surface area contributed by atoms with Crippen molar-refractivity contribution in [1.29, 1.82) is 0 Å². The molecular weight excluding hydrogens is 297 g/mol. The van der Waals surface area contributed by atoms with Crippen LogP contribution in [0.5, 0.6) is 5.75 Å². The van der Waals surface area contributed by atoms with Crippen molar-refractivity contribution in [3.05, 3.63) is 27.7 Å². The molecule has 2 rings (SSSR count). The summed E-state index contributed by atoms with van der Waals surface area (Å²) in [6.45, 7) is 4.24. The first kappa shape index (κ1) is 15.9. The number of aliphatic hydroxyl groups excluding tert-OH is 1. The number of nitrogens with zero attached hydrogens (tertiary/aromatic N) is 1. The van der Waals surface area contributed by atoms with Crippen LogP contribution in [0.3, 0.4) is 0 Å². The van der Waals surface area contributed by atoms with E-state index in [-0.39, 0.29) is 18.4 Å². The highest BCUT2D eigenvalue weighted by Crippen LogP contribution is 2.38. The number of hydrogen-bond donors (Lipinski definition) is 2. The Bertz CT molecular complexity index is 459. The van der Waals surface area contributed by atoms with Gasteiger partial charge in [0.15, 0.2) is 0 Å². The molecule has 1 aromatic carbocycles. The normalized spacial score (nSPS) is 19.2. The third-order valence-corrected chi connectivity index (χ3v) is 4.89. The summed E-state index contributed by atoms with van der Waals surface area (Å²) in [5.74, 6) is 0.613. The van der Waals surface area contributed by atoms with E-state index in [2.05, 4.69) is 11.8 Å². The Kier molecular flexibility index (Phi) is 5.56. The van der Waals surface area contributed by atoms with Gasteiger partial charge >= 0.3 is 0 Å². The van der Waals surface area contributed by atoms with Gasteiger partial charge in [-0.3, -0.25) is 4.90 Å². The van der Waals surface area contributed by atoms with E-state index in [9.17, 15) is 10.2 Å². The Morgan fingerprint density at radius 2 is 1.85 bits per heavy atom. The van der Waals surface area contributed by atoms with Gasteiger partial charge in [0, 0.05) is 24.3 Å². The number of likely N-dealkylation sites (tertiary alicyclic amines) is 1. The number of phenolic OH excluding ortho intramolecular Hbond substituents is 1. The second-order valence-electron chi connectivity index (χ2n) is 5.41. The van der Waals surface area contributed by atoms with Crippen molar-refractivity contribution < 1.29 is 10.2 Å². The molecule has 0 spiro atoms. The number of rotatable bonds is 4. The van der Waals surface area contributed by atoms with Gasteiger partial charge in [-0.15, -0.1) is 0 Å². The molecule has 1 aliphatic rings. The van der Waals surface area contributed by atoms with Gasteiger partial charge < -0.3 is 10.2 Å².